The standard InChI is InChI=1S/C11H14BrNO4S/c1-7(13-18(2,14)15)8-5-10-11(6-9(8)12)17-4-3-16-10/h5-7,13H,3-4H2,1-2H3/t7-/m1/s1. The van der Waals surface area contributed by atoms with E-state index in [2.05, 4.69) is 20.7 Å². The van der Waals surface area contributed by atoms with E-state index in [1.54, 1.807) is 19.1 Å². The summed E-state index contributed by atoms with van der Waals surface area (Å²) in [4.78, 5) is 0. The predicted molar refractivity (Wildman–Crippen MR) is 71.5 cm³/mol. The maximum atomic E-state index is 11.2. The second-order valence-corrected chi connectivity index (χ2v) is 6.76. The first-order valence-electron chi connectivity index (χ1n) is 5.43. The van der Waals surface area contributed by atoms with Crippen LogP contribution in [0.25, 0.3) is 0 Å². The Kier molecular flexibility index (Phi) is 3.84. The lowest BCUT2D eigenvalue weighted by Crippen LogP contribution is -2.26. The first-order valence-corrected chi connectivity index (χ1v) is 8.11. The molecule has 0 aromatic heterocycles. The van der Waals surface area contributed by atoms with E-state index >= 15 is 0 Å². The highest BCUT2D eigenvalue weighted by Crippen LogP contribution is 2.37. The van der Waals surface area contributed by atoms with Gasteiger partial charge in [0.25, 0.3) is 0 Å². The predicted octanol–water partition coefficient (Wildman–Crippen LogP) is 1.83. The van der Waals surface area contributed by atoms with Gasteiger partial charge in [0.05, 0.1) is 6.26 Å². The molecule has 0 radical (unpaired) electrons. The van der Waals surface area contributed by atoms with Gasteiger partial charge in [0, 0.05) is 10.5 Å². The maximum Gasteiger partial charge on any atom is 0.209 e. The summed E-state index contributed by atoms with van der Waals surface area (Å²) in [7, 11) is -3.25. The first kappa shape index (κ1) is 13.6. The summed E-state index contributed by atoms with van der Waals surface area (Å²) >= 11 is 3.41. The molecule has 1 aromatic carbocycles. The number of rotatable bonds is 3. The molecule has 0 fully saturated rings. The largest absolute Gasteiger partial charge is 0.486 e. The van der Waals surface area contributed by atoms with E-state index in [1.165, 1.54) is 0 Å². The quantitative estimate of drug-likeness (QED) is 0.915. The minimum Gasteiger partial charge on any atom is -0.486 e. The molecule has 0 amide bonds. The minimum atomic E-state index is -3.25. The van der Waals surface area contributed by atoms with E-state index in [1.807, 2.05) is 0 Å². The molecular weight excluding hydrogens is 322 g/mol. The summed E-state index contributed by atoms with van der Waals surface area (Å²) in [5.74, 6) is 1.31. The monoisotopic (exact) mass is 335 g/mol. The zero-order valence-corrected chi connectivity index (χ0v) is 12.5. The molecule has 0 saturated carbocycles. The molecule has 1 heterocycles. The Morgan fingerprint density at radius 3 is 2.39 bits per heavy atom. The van der Waals surface area contributed by atoms with Crippen LogP contribution < -0.4 is 14.2 Å². The van der Waals surface area contributed by atoms with Crippen LogP contribution in [0.4, 0.5) is 0 Å². The van der Waals surface area contributed by atoms with E-state index in [4.69, 9.17) is 9.47 Å². The molecule has 100 valence electrons. The van der Waals surface area contributed by atoms with Gasteiger partial charge >= 0.3 is 0 Å². The van der Waals surface area contributed by atoms with Gasteiger partial charge in [-0.05, 0) is 24.6 Å². The van der Waals surface area contributed by atoms with Crippen molar-refractivity contribution in [1.29, 1.82) is 0 Å². The van der Waals surface area contributed by atoms with E-state index in [9.17, 15) is 8.42 Å². The number of benzene rings is 1. The Labute approximate surface area is 115 Å². The van der Waals surface area contributed by atoms with Crippen LogP contribution in [0.3, 0.4) is 0 Å². The zero-order chi connectivity index (χ0) is 13.3. The van der Waals surface area contributed by atoms with Crippen molar-refractivity contribution in [2.24, 2.45) is 0 Å². The van der Waals surface area contributed by atoms with Crippen molar-refractivity contribution >= 4 is 26.0 Å². The SMILES string of the molecule is C[C@@H](NS(C)(=O)=O)c1cc2c(cc1Br)OCCO2. The van der Waals surface area contributed by atoms with Crippen LogP contribution in [0.15, 0.2) is 16.6 Å². The average molecular weight is 336 g/mol. The van der Waals surface area contributed by atoms with Crippen molar-refractivity contribution in [3.8, 4) is 11.5 Å². The van der Waals surface area contributed by atoms with E-state index < -0.39 is 10.0 Å². The normalized spacial score (nSPS) is 16.4. The lowest BCUT2D eigenvalue weighted by Gasteiger charge is -2.22. The molecule has 1 N–H and O–H groups in total. The fraction of sp³-hybridized carbons (Fsp3) is 0.455. The lowest BCUT2D eigenvalue weighted by molar-refractivity contribution is 0.171. The lowest BCUT2D eigenvalue weighted by atomic mass is 10.1. The summed E-state index contributed by atoms with van der Waals surface area (Å²) < 4.78 is 36.7. The number of halogens is 1. The Balaban J connectivity index is 2.33. The molecule has 1 aliphatic heterocycles. The molecule has 0 aliphatic carbocycles. The van der Waals surface area contributed by atoms with Gasteiger partial charge in [-0.2, -0.15) is 0 Å². The Bertz CT molecular complexity index is 558. The number of hydrogen-bond acceptors (Lipinski definition) is 4. The van der Waals surface area contributed by atoms with Crippen LogP contribution in [0.1, 0.15) is 18.5 Å². The minimum absolute atomic E-state index is 0.342. The highest BCUT2D eigenvalue weighted by molar-refractivity contribution is 9.10. The van der Waals surface area contributed by atoms with Gasteiger partial charge in [-0.25, -0.2) is 13.1 Å². The van der Waals surface area contributed by atoms with Crippen LogP contribution >= 0.6 is 15.9 Å². The molecule has 0 unspecified atom stereocenters. The Morgan fingerprint density at radius 2 is 1.83 bits per heavy atom. The fourth-order valence-electron chi connectivity index (χ4n) is 1.80. The summed E-state index contributed by atoms with van der Waals surface area (Å²) in [6.07, 6.45) is 1.13. The third kappa shape index (κ3) is 3.15. The Hall–Kier alpha value is -0.790. The second-order valence-electron chi connectivity index (χ2n) is 4.13. The molecule has 7 heteroatoms. The number of nitrogens with one attached hydrogen (secondary N) is 1. The molecule has 1 aliphatic rings. The van der Waals surface area contributed by atoms with Crippen molar-refractivity contribution < 1.29 is 17.9 Å². The van der Waals surface area contributed by atoms with E-state index in [0.717, 1.165) is 16.3 Å². The second kappa shape index (κ2) is 5.07. The van der Waals surface area contributed by atoms with Crippen molar-refractivity contribution in [3.63, 3.8) is 0 Å². The average Bonchev–Trinajstić information content (AvgIpc) is 2.25. The summed E-state index contributed by atoms with van der Waals surface area (Å²) in [5, 5.41) is 0. The zero-order valence-electron chi connectivity index (χ0n) is 10.1. The van der Waals surface area contributed by atoms with Crippen LogP contribution in [-0.4, -0.2) is 27.9 Å². The Morgan fingerprint density at radius 1 is 1.28 bits per heavy atom. The highest BCUT2D eigenvalue weighted by Gasteiger charge is 2.19. The van der Waals surface area contributed by atoms with Gasteiger partial charge in [0.1, 0.15) is 13.2 Å². The third-order valence-electron chi connectivity index (χ3n) is 2.52. The van der Waals surface area contributed by atoms with Gasteiger partial charge in [0.15, 0.2) is 11.5 Å². The summed E-state index contributed by atoms with van der Waals surface area (Å²) in [5.41, 5.74) is 0.810. The third-order valence-corrected chi connectivity index (χ3v) is 3.99. The van der Waals surface area contributed by atoms with E-state index in [0.29, 0.717) is 24.7 Å². The number of fused-ring (bicyclic) bond motifs is 1. The first-order chi connectivity index (χ1) is 8.37. The smallest absolute Gasteiger partial charge is 0.209 e. The molecular formula is C11H14BrNO4S. The van der Waals surface area contributed by atoms with E-state index in [-0.39, 0.29) is 6.04 Å². The summed E-state index contributed by atoms with van der Waals surface area (Å²) in [6.45, 7) is 2.80. The number of sulfonamides is 1. The van der Waals surface area contributed by atoms with Gasteiger partial charge in [0.2, 0.25) is 10.0 Å². The molecule has 2 rings (SSSR count). The van der Waals surface area contributed by atoms with Crippen molar-refractivity contribution in [2.45, 2.75) is 13.0 Å². The van der Waals surface area contributed by atoms with Gasteiger partial charge < -0.3 is 9.47 Å². The molecule has 0 bridgehead atoms. The van der Waals surface area contributed by atoms with Gasteiger partial charge in [-0.1, -0.05) is 15.9 Å². The molecule has 5 nitrogen and oxygen atoms in total. The van der Waals surface area contributed by atoms with Crippen molar-refractivity contribution in [1.82, 2.24) is 4.72 Å². The molecule has 18 heavy (non-hydrogen) atoms. The fourth-order valence-corrected chi connectivity index (χ4v) is 3.23. The van der Waals surface area contributed by atoms with Crippen LogP contribution in [0.5, 0.6) is 11.5 Å². The van der Waals surface area contributed by atoms with Crippen molar-refractivity contribution in [3.05, 3.63) is 22.2 Å². The van der Waals surface area contributed by atoms with Crippen LogP contribution in [0, 0.1) is 0 Å². The van der Waals surface area contributed by atoms with Crippen LogP contribution in [0.2, 0.25) is 0 Å². The highest BCUT2D eigenvalue weighted by atomic mass is 79.9. The van der Waals surface area contributed by atoms with Crippen LogP contribution in [-0.2, 0) is 10.0 Å². The molecule has 1 atom stereocenters. The van der Waals surface area contributed by atoms with Gasteiger partial charge in [-0.3, -0.25) is 0 Å². The topological polar surface area (TPSA) is 64.6 Å². The van der Waals surface area contributed by atoms with Crippen molar-refractivity contribution in [2.75, 3.05) is 19.5 Å². The molecule has 0 saturated heterocycles. The number of hydrogen-bond donors (Lipinski definition) is 1. The van der Waals surface area contributed by atoms with Gasteiger partial charge in [-0.15, -0.1) is 0 Å². The molecule has 1 aromatic rings. The molecule has 0 spiro atoms. The summed E-state index contributed by atoms with van der Waals surface area (Å²) in [6, 6.07) is 3.25. The maximum absolute atomic E-state index is 11.2. The number of ether oxygens (including phenoxy) is 2.